The Labute approximate surface area is 112 Å². The lowest BCUT2D eigenvalue weighted by Gasteiger charge is -2.20. The maximum Gasteiger partial charge on any atom is 0.243 e. The van der Waals surface area contributed by atoms with Crippen molar-refractivity contribution in [3.8, 4) is 0 Å². The summed E-state index contributed by atoms with van der Waals surface area (Å²) in [6.45, 7) is 5.40. The monoisotopic (exact) mass is 266 g/mol. The molecule has 0 heterocycles. The second-order valence-electron chi connectivity index (χ2n) is 4.77. The van der Waals surface area contributed by atoms with Crippen LogP contribution < -0.4 is 10.6 Å². The quantitative estimate of drug-likeness (QED) is 0.850. The van der Waals surface area contributed by atoms with E-state index in [2.05, 4.69) is 10.6 Å². The maximum absolute atomic E-state index is 12.7. The summed E-state index contributed by atoms with van der Waals surface area (Å²) >= 11 is 0. The zero-order chi connectivity index (χ0) is 14.4. The van der Waals surface area contributed by atoms with Crippen molar-refractivity contribution in [2.75, 3.05) is 0 Å². The first-order valence-electron chi connectivity index (χ1n) is 6.19. The molecule has 1 aromatic rings. The Morgan fingerprint density at radius 1 is 1.21 bits per heavy atom. The molecule has 0 radical (unpaired) electrons. The molecule has 0 saturated carbocycles. The molecule has 2 N–H and O–H groups in total. The second-order valence-corrected chi connectivity index (χ2v) is 4.77. The number of hydrogen-bond donors (Lipinski definition) is 2. The summed E-state index contributed by atoms with van der Waals surface area (Å²) in [5.74, 6) is -0.796. The van der Waals surface area contributed by atoms with Gasteiger partial charge in [0.05, 0.1) is 0 Å². The predicted octanol–water partition coefficient (Wildman–Crippen LogP) is 1.60. The standard InChI is InChI=1S/C14H19FN2O2/c1-9(2)13(17-10(3)18)14(19)16-8-11-4-6-12(15)7-5-11/h4-7,9,13H,8H2,1-3H3,(H,16,19)(H,17,18)/t13-/m0/s1. The largest absolute Gasteiger partial charge is 0.350 e. The molecule has 1 aromatic carbocycles. The van der Waals surface area contributed by atoms with E-state index >= 15 is 0 Å². The number of carbonyl (C=O) groups excluding carboxylic acids is 2. The molecule has 0 aliphatic heterocycles. The Bertz CT molecular complexity index is 443. The van der Waals surface area contributed by atoms with Gasteiger partial charge in [-0.25, -0.2) is 4.39 Å². The van der Waals surface area contributed by atoms with Crippen molar-refractivity contribution in [1.29, 1.82) is 0 Å². The maximum atomic E-state index is 12.7. The normalized spacial score (nSPS) is 12.1. The first-order valence-corrected chi connectivity index (χ1v) is 6.19. The summed E-state index contributed by atoms with van der Waals surface area (Å²) in [4.78, 5) is 23.0. The van der Waals surface area contributed by atoms with Gasteiger partial charge in [-0.3, -0.25) is 9.59 Å². The van der Waals surface area contributed by atoms with E-state index in [9.17, 15) is 14.0 Å². The van der Waals surface area contributed by atoms with Crippen molar-refractivity contribution < 1.29 is 14.0 Å². The van der Waals surface area contributed by atoms with Gasteiger partial charge in [-0.05, 0) is 23.6 Å². The topological polar surface area (TPSA) is 58.2 Å². The minimum atomic E-state index is -0.557. The lowest BCUT2D eigenvalue weighted by atomic mass is 10.0. The van der Waals surface area contributed by atoms with E-state index in [1.807, 2.05) is 13.8 Å². The number of nitrogens with one attached hydrogen (secondary N) is 2. The Morgan fingerprint density at radius 3 is 2.26 bits per heavy atom. The van der Waals surface area contributed by atoms with E-state index in [-0.39, 0.29) is 23.5 Å². The molecule has 0 bridgehead atoms. The third-order valence-electron chi connectivity index (χ3n) is 2.69. The molecule has 104 valence electrons. The van der Waals surface area contributed by atoms with Crippen molar-refractivity contribution in [3.63, 3.8) is 0 Å². The number of hydrogen-bond acceptors (Lipinski definition) is 2. The highest BCUT2D eigenvalue weighted by Crippen LogP contribution is 2.05. The van der Waals surface area contributed by atoms with Crippen molar-refractivity contribution in [2.24, 2.45) is 5.92 Å². The van der Waals surface area contributed by atoms with E-state index < -0.39 is 6.04 Å². The number of benzene rings is 1. The fourth-order valence-corrected chi connectivity index (χ4v) is 1.66. The van der Waals surface area contributed by atoms with Gasteiger partial charge < -0.3 is 10.6 Å². The van der Waals surface area contributed by atoms with Gasteiger partial charge >= 0.3 is 0 Å². The van der Waals surface area contributed by atoms with Crippen molar-refractivity contribution >= 4 is 11.8 Å². The van der Waals surface area contributed by atoms with Gasteiger partial charge in [-0.15, -0.1) is 0 Å². The average molecular weight is 266 g/mol. The molecular weight excluding hydrogens is 247 g/mol. The van der Waals surface area contributed by atoms with Gasteiger partial charge in [0.15, 0.2) is 0 Å². The lowest BCUT2D eigenvalue weighted by molar-refractivity contribution is -0.129. The van der Waals surface area contributed by atoms with Crippen molar-refractivity contribution in [2.45, 2.75) is 33.4 Å². The van der Waals surface area contributed by atoms with Crippen molar-refractivity contribution in [1.82, 2.24) is 10.6 Å². The van der Waals surface area contributed by atoms with Crippen LogP contribution in [-0.2, 0) is 16.1 Å². The minimum Gasteiger partial charge on any atom is -0.350 e. The highest BCUT2D eigenvalue weighted by Gasteiger charge is 2.22. The molecule has 19 heavy (non-hydrogen) atoms. The van der Waals surface area contributed by atoms with E-state index in [0.29, 0.717) is 6.54 Å². The van der Waals surface area contributed by atoms with Crippen LogP contribution in [0.3, 0.4) is 0 Å². The summed E-state index contributed by atoms with van der Waals surface area (Å²) < 4.78 is 12.7. The van der Waals surface area contributed by atoms with Crippen LogP contribution in [0.5, 0.6) is 0 Å². The van der Waals surface area contributed by atoms with E-state index in [1.54, 1.807) is 12.1 Å². The summed E-state index contributed by atoms with van der Waals surface area (Å²) in [6, 6.07) is 5.35. The Hall–Kier alpha value is -1.91. The highest BCUT2D eigenvalue weighted by atomic mass is 19.1. The summed E-state index contributed by atoms with van der Waals surface area (Å²) in [7, 11) is 0. The van der Waals surface area contributed by atoms with E-state index in [4.69, 9.17) is 0 Å². The molecular formula is C14H19FN2O2. The molecule has 5 heteroatoms. The molecule has 0 spiro atoms. The number of rotatable bonds is 5. The molecule has 0 unspecified atom stereocenters. The summed E-state index contributed by atoms with van der Waals surface area (Å²) in [5, 5.41) is 5.34. The zero-order valence-electron chi connectivity index (χ0n) is 11.4. The third-order valence-corrected chi connectivity index (χ3v) is 2.69. The first-order chi connectivity index (χ1) is 8.90. The number of carbonyl (C=O) groups is 2. The Kier molecular flexibility index (Phi) is 5.48. The van der Waals surface area contributed by atoms with E-state index in [1.165, 1.54) is 19.1 Å². The van der Waals surface area contributed by atoms with Gasteiger partial charge in [0.25, 0.3) is 0 Å². The molecule has 0 fully saturated rings. The van der Waals surface area contributed by atoms with Crippen molar-refractivity contribution in [3.05, 3.63) is 35.6 Å². The molecule has 4 nitrogen and oxygen atoms in total. The molecule has 0 aliphatic rings. The molecule has 0 saturated heterocycles. The predicted molar refractivity (Wildman–Crippen MR) is 70.7 cm³/mol. The molecule has 1 atom stereocenters. The Balaban J connectivity index is 2.57. The summed E-state index contributed by atoms with van der Waals surface area (Å²) in [6.07, 6.45) is 0. The van der Waals surface area contributed by atoms with Crippen LogP contribution >= 0.6 is 0 Å². The lowest BCUT2D eigenvalue weighted by Crippen LogP contribution is -2.48. The van der Waals surface area contributed by atoms with Gasteiger partial charge in [0.1, 0.15) is 11.9 Å². The Morgan fingerprint density at radius 2 is 1.79 bits per heavy atom. The average Bonchev–Trinajstić information content (AvgIpc) is 2.34. The third kappa shape index (κ3) is 5.07. The molecule has 2 amide bonds. The fraction of sp³-hybridized carbons (Fsp3) is 0.429. The van der Waals surface area contributed by atoms with E-state index in [0.717, 1.165) is 5.56 Å². The minimum absolute atomic E-state index is 0.00267. The summed E-state index contributed by atoms with van der Waals surface area (Å²) in [5.41, 5.74) is 0.806. The highest BCUT2D eigenvalue weighted by molar-refractivity contribution is 5.86. The van der Waals surface area contributed by atoms with Gasteiger partial charge in [-0.2, -0.15) is 0 Å². The molecule has 1 rings (SSSR count). The zero-order valence-corrected chi connectivity index (χ0v) is 11.4. The first kappa shape index (κ1) is 15.1. The fourth-order valence-electron chi connectivity index (χ4n) is 1.66. The number of halogens is 1. The van der Waals surface area contributed by atoms with Gasteiger partial charge in [0.2, 0.25) is 11.8 Å². The second kappa shape index (κ2) is 6.87. The SMILES string of the molecule is CC(=O)N[C@H](C(=O)NCc1ccc(F)cc1)C(C)C. The van der Waals surface area contributed by atoms with Gasteiger partial charge in [-0.1, -0.05) is 26.0 Å². The van der Waals surface area contributed by atoms with Crippen LogP contribution in [0.25, 0.3) is 0 Å². The van der Waals surface area contributed by atoms with Crippen LogP contribution in [0.15, 0.2) is 24.3 Å². The van der Waals surface area contributed by atoms with Crippen LogP contribution in [0, 0.1) is 11.7 Å². The smallest absolute Gasteiger partial charge is 0.243 e. The van der Waals surface area contributed by atoms with Crippen LogP contribution in [-0.4, -0.2) is 17.9 Å². The van der Waals surface area contributed by atoms with Crippen LogP contribution in [0.4, 0.5) is 4.39 Å². The molecule has 0 aliphatic carbocycles. The van der Waals surface area contributed by atoms with Crippen LogP contribution in [0.1, 0.15) is 26.3 Å². The van der Waals surface area contributed by atoms with Gasteiger partial charge in [0, 0.05) is 13.5 Å². The molecule has 0 aromatic heterocycles. The number of amides is 2. The van der Waals surface area contributed by atoms with Crippen LogP contribution in [0.2, 0.25) is 0 Å².